The van der Waals surface area contributed by atoms with E-state index in [1.165, 1.54) is 6.08 Å². The molecule has 162 valence electrons. The highest BCUT2D eigenvalue weighted by molar-refractivity contribution is 6.04. The molecule has 32 heavy (non-hydrogen) atoms. The molecule has 4 heterocycles. The van der Waals surface area contributed by atoms with Crippen LogP contribution >= 0.6 is 0 Å². The van der Waals surface area contributed by atoms with E-state index in [0.717, 1.165) is 39.7 Å². The summed E-state index contributed by atoms with van der Waals surface area (Å²) in [6.07, 6.45) is 7.76. The maximum absolute atomic E-state index is 12.2. The Kier molecular flexibility index (Phi) is 4.97. The number of carbonyl (C=O) groups is 1. The van der Waals surface area contributed by atoms with Crippen LogP contribution in [0.25, 0.3) is 22.0 Å². The molecule has 0 aliphatic carbocycles. The standard InChI is InChI=1S/C24H25N7O/c1-3-20(32)30-12-9-18(15-30)23-21(22-19(29(23)2)13-26-28-24(22)25)17-7-5-16(6-8-17)14-31-11-4-10-27-31/h3-8,10-11,13,18H,1,9,12,14-15H2,2H3,(H2,25,28). The average Bonchev–Trinajstić information content (AvgIpc) is 3.54. The van der Waals surface area contributed by atoms with Crippen molar-refractivity contribution in [3.8, 4) is 11.1 Å². The highest BCUT2D eigenvalue weighted by Crippen LogP contribution is 2.42. The van der Waals surface area contributed by atoms with Gasteiger partial charge in [0, 0.05) is 49.7 Å². The van der Waals surface area contributed by atoms with Gasteiger partial charge in [-0.1, -0.05) is 30.8 Å². The largest absolute Gasteiger partial charge is 0.382 e. The Balaban J connectivity index is 1.59. The lowest BCUT2D eigenvalue weighted by atomic mass is 9.94. The number of amides is 1. The summed E-state index contributed by atoms with van der Waals surface area (Å²) in [6.45, 7) is 5.71. The molecule has 8 nitrogen and oxygen atoms in total. The average molecular weight is 428 g/mol. The maximum Gasteiger partial charge on any atom is 0.245 e. The van der Waals surface area contributed by atoms with Gasteiger partial charge in [-0.3, -0.25) is 9.48 Å². The molecule has 4 aromatic rings. The molecule has 3 aromatic heterocycles. The van der Waals surface area contributed by atoms with Gasteiger partial charge >= 0.3 is 0 Å². The SMILES string of the molecule is C=CC(=O)N1CCC(c2c(-c3ccc(Cn4cccn4)cc3)c3c(N)nncc3n2C)C1. The molecule has 1 aliphatic heterocycles. The molecule has 1 amide bonds. The third-order valence-corrected chi connectivity index (χ3v) is 6.29. The summed E-state index contributed by atoms with van der Waals surface area (Å²) in [7, 11) is 2.03. The van der Waals surface area contributed by atoms with Crippen molar-refractivity contribution in [1.29, 1.82) is 0 Å². The van der Waals surface area contributed by atoms with Gasteiger partial charge in [0.15, 0.2) is 5.82 Å². The van der Waals surface area contributed by atoms with E-state index in [4.69, 9.17) is 5.73 Å². The molecule has 1 unspecified atom stereocenters. The van der Waals surface area contributed by atoms with Crippen molar-refractivity contribution in [3.63, 3.8) is 0 Å². The fourth-order valence-corrected chi connectivity index (χ4v) is 4.77. The fourth-order valence-electron chi connectivity index (χ4n) is 4.77. The maximum atomic E-state index is 12.2. The Bertz CT molecular complexity index is 1290. The Morgan fingerprint density at radius 3 is 2.84 bits per heavy atom. The van der Waals surface area contributed by atoms with E-state index in [1.54, 1.807) is 12.4 Å². The zero-order chi connectivity index (χ0) is 22.2. The third kappa shape index (κ3) is 3.33. The number of carbonyl (C=O) groups excluding carboxylic acids is 1. The van der Waals surface area contributed by atoms with E-state index >= 15 is 0 Å². The van der Waals surface area contributed by atoms with Gasteiger partial charge in [-0.05, 0) is 29.7 Å². The van der Waals surface area contributed by atoms with Crippen LogP contribution in [-0.2, 0) is 18.4 Å². The molecule has 5 rings (SSSR count). The summed E-state index contributed by atoms with van der Waals surface area (Å²) in [5.74, 6) is 0.574. The zero-order valence-corrected chi connectivity index (χ0v) is 18.0. The Labute approximate surface area is 186 Å². The van der Waals surface area contributed by atoms with Gasteiger partial charge in [-0.25, -0.2) is 0 Å². The molecular weight excluding hydrogens is 402 g/mol. The quantitative estimate of drug-likeness (QED) is 0.494. The second kappa shape index (κ2) is 7.96. The van der Waals surface area contributed by atoms with Crippen LogP contribution in [-0.4, -0.2) is 48.4 Å². The molecule has 1 saturated heterocycles. The lowest BCUT2D eigenvalue weighted by Gasteiger charge is -2.17. The minimum Gasteiger partial charge on any atom is -0.382 e. The normalized spacial score (nSPS) is 16.0. The highest BCUT2D eigenvalue weighted by atomic mass is 16.2. The van der Waals surface area contributed by atoms with Crippen LogP contribution in [0.5, 0.6) is 0 Å². The van der Waals surface area contributed by atoms with Gasteiger partial charge in [-0.2, -0.15) is 10.2 Å². The van der Waals surface area contributed by atoms with Crippen LogP contribution in [0.2, 0.25) is 0 Å². The minimum absolute atomic E-state index is 0.0290. The Hall–Kier alpha value is -3.94. The van der Waals surface area contributed by atoms with Crippen LogP contribution in [0.3, 0.4) is 0 Å². The molecule has 2 N–H and O–H groups in total. The van der Waals surface area contributed by atoms with Crippen LogP contribution in [0.4, 0.5) is 5.82 Å². The zero-order valence-electron chi connectivity index (χ0n) is 18.0. The van der Waals surface area contributed by atoms with Gasteiger partial charge in [0.05, 0.1) is 23.6 Å². The molecule has 1 aromatic carbocycles. The molecule has 1 fully saturated rings. The second-order valence-electron chi connectivity index (χ2n) is 8.18. The summed E-state index contributed by atoms with van der Waals surface area (Å²) in [5.41, 5.74) is 11.7. The third-order valence-electron chi connectivity index (χ3n) is 6.29. The van der Waals surface area contributed by atoms with E-state index in [1.807, 2.05) is 28.9 Å². The van der Waals surface area contributed by atoms with E-state index in [2.05, 4.69) is 50.7 Å². The Morgan fingerprint density at radius 1 is 1.31 bits per heavy atom. The number of benzene rings is 1. The highest BCUT2D eigenvalue weighted by Gasteiger charge is 2.32. The van der Waals surface area contributed by atoms with Crippen molar-refractivity contribution in [3.05, 3.63) is 72.8 Å². The van der Waals surface area contributed by atoms with Gasteiger partial charge in [0.1, 0.15) is 0 Å². The number of rotatable bonds is 5. The molecule has 0 radical (unpaired) electrons. The number of aromatic nitrogens is 5. The predicted octanol–water partition coefficient (Wildman–Crippen LogP) is 2.96. The first-order chi connectivity index (χ1) is 15.6. The summed E-state index contributed by atoms with van der Waals surface area (Å²) >= 11 is 0. The topological polar surface area (TPSA) is 94.9 Å². The van der Waals surface area contributed by atoms with E-state index in [-0.39, 0.29) is 11.8 Å². The summed E-state index contributed by atoms with van der Waals surface area (Å²) < 4.78 is 4.05. The van der Waals surface area contributed by atoms with Gasteiger partial charge in [-0.15, -0.1) is 5.10 Å². The summed E-state index contributed by atoms with van der Waals surface area (Å²) in [5, 5.41) is 13.4. The smallest absolute Gasteiger partial charge is 0.245 e. The lowest BCUT2D eigenvalue weighted by molar-refractivity contribution is -0.125. The molecule has 0 saturated carbocycles. The number of nitrogens with zero attached hydrogens (tertiary/aromatic N) is 6. The number of hydrogen-bond acceptors (Lipinski definition) is 5. The van der Waals surface area contributed by atoms with Crippen molar-refractivity contribution in [2.24, 2.45) is 7.05 Å². The van der Waals surface area contributed by atoms with Crippen LogP contribution in [0.1, 0.15) is 23.6 Å². The van der Waals surface area contributed by atoms with E-state index in [9.17, 15) is 4.79 Å². The molecule has 0 bridgehead atoms. The molecular formula is C24H25N7O. The number of nitrogens with two attached hydrogens (primary N) is 1. The lowest BCUT2D eigenvalue weighted by Crippen LogP contribution is -2.26. The first-order valence-electron chi connectivity index (χ1n) is 10.6. The number of nitrogen functional groups attached to an aromatic ring is 1. The molecule has 1 atom stereocenters. The first kappa shape index (κ1) is 20.0. The van der Waals surface area contributed by atoms with Crippen molar-refractivity contribution in [2.75, 3.05) is 18.8 Å². The predicted molar refractivity (Wildman–Crippen MR) is 124 cm³/mol. The van der Waals surface area contributed by atoms with Gasteiger partial charge in [0.2, 0.25) is 5.91 Å². The van der Waals surface area contributed by atoms with Crippen LogP contribution < -0.4 is 5.73 Å². The number of aryl methyl sites for hydroxylation is 1. The van der Waals surface area contributed by atoms with E-state index < -0.39 is 0 Å². The Morgan fingerprint density at radius 2 is 2.12 bits per heavy atom. The van der Waals surface area contributed by atoms with Crippen molar-refractivity contribution in [1.82, 2.24) is 29.4 Å². The minimum atomic E-state index is -0.0290. The van der Waals surface area contributed by atoms with Crippen LogP contribution in [0.15, 0.2) is 61.6 Å². The van der Waals surface area contributed by atoms with Crippen molar-refractivity contribution < 1.29 is 4.79 Å². The number of hydrogen-bond donors (Lipinski definition) is 1. The van der Waals surface area contributed by atoms with Crippen LogP contribution in [0, 0.1) is 0 Å². The number of fused-ring (bicyclic) bond motifs is 1. The molecule has 0 spiro atoms. The first-order valence-corrected chi connectivity index (χ1v) is 10.6. The van der Waals surface area contributed by atoms with E-state index in [0.29, 0.717) is 25.5 Å². The second-order valence-corrected chi connectivity index (χ2v) is 8.18. The molecule has 8 heteroatoms. The summed E-state index contributed by atoms with van der Waals surface area (Å²) in [4.78, 5) is 14.0. The number of anilines is 1. The number of likely N-dealkylation sites (tertiary alicyclic amines) is 1. The van der Waals surface area contributed by atoms with Crippen molar-refractivity contribution >= 4 is 22.6 Å². The fraction of sp³-hybridized carbons (Fsp3) is 0.250. The monoisotopic (exact) mass is 427 g/mol. The summed E-state index contributed by atoms with van der Waals surface area (Å²) in [6, 6.07) is 10.4. The van der Waals surface area contributed by atoms with Gasteiger partial charge < -0.3 is 15.2 Å². The van der Waals surface area contributed by atoms with Crippen molar-refractivity contribution in [2.45, 2.75) is 18.9 Å². The molecule has 1 aliphatic rings. The van der Waals surface area contributed by atoms with Gasteiger partial charge in [0.25, 0.3) is 0 Å².